The Hall–Kier alpha value is -3.19. The van der Waals surface area contributed by atoms with Gasteiger partial charge in [0.25, 0.3) is 15.9 Å². The molecular formula is C24H23FN2O3S. The number of benzene rings is 3. The van der Waals surface area contributed by atoms with Crippen LogP contribution in [0.15, 0.2) is 77.7 Å². The lowest BCUT2D eigenvalue weighted by atomic mass is 10.0. The third-order valence-electron chi connectivity index (χ3n) is 5.39. The predicted octanol–water partition coefficient (Wildman–Crippen LogP) is 3.94. The van der Waals surface area contributed by atoms with Crippen molar-refractivity contribution in [1.82, 2.24) is 5.32 Å². The van der Waals surface area contributed by atoms with E-state index in [9.17, 15) is 17.6 Å². The zero-order chi connectivity index (χ0) is 21.8. The molecule has 1 aliphatic rings. The number of hydrogen-bond donors (Lipinski definition) is 1. The molecule has 31 heavy (non-hydrogen) atoms. The molecule has 0 unspecified atom stereocenters. The van der Waals surface area contributed by atoms with Gasteiger partial charge in [-0.1, -0.05) is 42.5 Å². The Kier molecular flexibility index (Phi) is 6.04. The van der Waals surface area contributed by atoms with Gasteiger partial charge in [0.15, 0.2) is 0 Å². The van der Waals surface area contributed by atoms with Gasteiger partial charge in [0.1, 0.15) is 5.82 Å². The zero-order valence-corrected chi connectivity index (χ0v) is 17.7. The first-order chi connectivity index (χ1) is 15.0. The summed E-state index contributed by atoms with van der Waals surface area (Å²) in [5.41, 5.74) is 2.45. The maximum absolute atomic E-state index is 13.7. The quantitative estimate of drug-likeness (QED) is 0.634. The third kappa shape index (κ3) is 4.46. The number of nitrogens with zero attached hydrogens (tertiary/aromatic N) is 1. The van der Waals surface area contributed by atoms with Crippen LogP contribution < -0.4 is 9.62 Å². The molecule has 1 amide bonds. The Morgan fingerprint density at radius 2 is 1.77 bits per heavy atom. The Balaban J connectivity index is 1.50. The molecule has 0 aromatic heterocycles. The minimum Gasteiger partial charge on any atom is -0.352 e. The SMILES string of the molecule is O=C(NCCc1ccccc1F)c1cccc(S(=O)(=O)N2CCCc3ccccc32)c1. The van der Waals surface area contributed by atoms with Crippen LogP contribution in [0.25, 0.3) is 0 Å². The first-order valence-corrected chi connectivity index (χ1v) is 11.6. The van der Waals surface area contributed by atoms with Gasteiger partial charge in [0.05, 0.1) is 10.6 Å². The number of anilines is 1. The highest BCUT2D eigenvalue weighted by atomic mass is 32.2. The molecule has 0 atom stereocenters. The first-order valence-electron chi connectivity index (χ1n) is 10.2. The van der Waals surface area contributed by atoms with Crippen molar-refractivity contribution in [2.45, 2.75) is 24.2 Å². The molecule has 1 heterocycles. The average Bonchev–Trinajstić information content (AvgIpc) is 2.80. The molecule has 0 radical (unpaired) electrons. The van der Waals surface area contributed by atoms with Crippen molar-refractivity contribution in [2.24, 2.45) is 0 Å². The normalized spacial score (nSPS) is 13.5. The van der Waals surface area contributed by atoms with Crippen LogP contribution in [0.4, 0.5) is 10.1 Å². The molecule has 0 bridgehead atoms. The molecule has 0 saturated heterocycles. The molecule has 1 aliphatic heterocycles. The first kappa shape index (κ1) is 21.1. The van der Waals surface area contributed by atoms with E-state index in [4.69, 9.17) is 0 Å². The predicted molar refractivity (Wildman–Crippen MR) is 118 cm³/mol. The smallest absolute Gasteiger partial charge is 0.264 e. The van der Waals surface area contributed by atoms with E-state index in [1.807, 2.05) is 24.3 Å². The van der Waals surface area contributed by atoms with Gasteiger partial charge in [-0.05, 0) is 60.7 Å². The van der Waals surface area contributed by atoms with E-state index in [1.54, 1.807) is 30.3 Å². The van der Waals surface area contributed by atoms with Crippen LogP contribution >= 0.6 is 0 Å². The molecule has 160 valence electrons. The summed E-state index contributed by atoms with van der Waals surface area (Å²) in [6, 6.07) is 19.9. The third-order valence-corrected chi connectivity index (χ3v) is 7.20. The Labute approximate surface area is 181 Å². The van der Waals surface area contributed by atoms with Gasteiger partial charge in [0, 0.05) is 18.7 Å². The number of aryl methyl sites for hydroxylation is 1. The summed E-state index contributed by atoms with van der Waals surface area (Å²) in [4.78, 5) is 12.6. The molecule has 0 fully saturated rings. The van der Waals surface area contributed by atoms with Crippen LogP contribution in [0.5, 0.6) is 0 Å². The molecule has 5 nitrogen and oxygen atoms in total. The molecular weight excluding hydrogens is 415 g/mol. The van der Waals surface area contributed by atoms with Gasteiger partial charge < -0.3 is 5.32 Å². The summed E-state index contributed by atoms with van der Waals surface area (Å²) in [5, 5.41) is 2.73. The topological polar surface area (TPSA) is 66.5 Å². The number of nitrogens with one attached hydrogen (secondary N) is 1. The number of fused-ring (bicyclic) bond motifs is 1. The van der Waals surface area contributed by atoms with Crippen molar-refractivity contribution in [3.63, 3.8) is 0 Å². The van der Waals surface area contributed by atoms with Gasteiger partial charge >= 0.3 is 0 Å². The summed E-state index contributed by atoms with van der Waals surface area (Å²) in [5.74, 6) is -0.709. The Morgan fingerprint density at radius 3 is 2.61 bits per heavy atom. The lowest BCUT2D eigenvalue weighted by molar-refractivity contribution is 0.0954. The minimum atomic E-state index is -3.80. The average molecular weight is 439 g/mol. The number of carbonyl (C=O) groups is 1. The zero-order valence-electron chi connectivity index (χ0n) is 16.9. The minimum absolute atomic E-state index is 0.0750. The van der Waals surface area contributed by atoms with E-state index in [0.29, 0.717) is 24.2 Å². The summed E-state index contributed by atoms with van der Waals surface area (Å²) >= 11 is 0. The molecule has 4 rings (SSSR count). The van der Waals surface area contributed by atoms with Gasteiger partial charge in [0.2, 0.25) is 0 Å². The van der Waals surface area contributed by atoms with Crippen LogP contribution in [-0.2, 0) is 22.9 Å². The second-order valence-electron chi connectivity index (χ2n) is 7.43. The molecule has 3 aromatic rings. The maximum Gasteiger partial charge on any atom is 0.264 e. The second kappa shape index (κ2) is 8.89. The Bertz CT molecular complexity index is 1210. The fourth-order valence-corrected chi connectivity index (χ4v) is 5.38. The molecule has 0 aliphatic carbocycles. The summed E-state index contributed by atoms with van der Waals surface area (Å²) < 4.78 is 41.8. The molecule has 7 heteroatoms. The van der Waals surface area contributed by atoms with E-state index in [0.717, 1.165) is 18.4 Å². The van der Waals surface area contributed by atoms with Gasteiger partial charge in [-0.3, -0.25) is 9.10 Å². The Morgan fingerprint density at radius 1 is 1.00 bits per heavy atom. The highest BCUT2D eigenvalue weighted by molar-refractivity contribution is 7.92. The fourth-order valence-electron chi connectivity index (χ4n) is 3.79. The van der Waals surface area contributed by atoms with Crippen molar-refractivity contribution in [1.29, 1.82) is 0 Å². The fraction of sp³-hybridized carbons (Fsp3) is 0.208. The van der Waals surface area contributed by atoms with Crippen LogP contribution in [0.1, 0.15) is 27.9 Å². The van der Waals surface area contributed by atoms with E-state index in [1.165, 1.54) is 22.5 Å². The van der Waals surface area contributed by atoms with Crippen LogP contribution in [0.3, 0.4) is 0 Å². The summed E-state index contributed by atoms with van der Waals surface area (Å²) in [6.45, 7) is 0.647. The van der Waals surface area contributed by atoms with Gasteiger partial charge in [-0.15, -0.1) is 0 Å². The van der Waals surface area contributed by atoms with Crippen molar-refractivity contribution in [3.8, 4) is 0 Å². The van der Waals surface area contributed by atoms with Crippen molar-refractivity contribution >= 4 is 21.6 Å². The monoisotopic (exact) mass is 438 g/mol. The van der Waals surface area contributed by atoms with Crippen molar-refractivity contribution in [2.75, 3.05) is 17.4 Å². The van der Waals surface area contributed by atoms with Crippen molar-refractivity contribution in [3.05, 3.63) is 95.3 Å². The number of rotatable bonds is 6. The number of carbonyl (C=O) groups excluding carboxylic acids is 1. The standard InChI is InChI=1S/C24H23FN2O3S/c25-22-12-3-1-7-18(22)14-15-26-24(28)20-9-5-11-21(17-20)31(29,30)27-16-6-10-19-8-2-4-13-23(19)27/h1-5,7-9,11-13,17H,6,10,14-16H2,(H,26,28). The van der Waals surface area contributed by atoms with Gasteiger partial charge in [-0.25, -0.2) is 12.8 Å². The summed E-state index contributed by atoms with van der Waals surface area (Å²) in [6.07, 6.45) is 1.93. The van der Waals surface area contributed by atoms with Crippen LogP contribution in [0, 0.1) is 5.82 Å². The lowest BCUT2D eigenvalue weighted by Crippen LogP contribution is -2.35. The summed E-state index contributed by atoms with van der Waals surface area (Å²) in [7, 11) is -3.80. The number of amides is 1. The number of para-hydroxylation sites is 1. The highest BCUT2D eigenvalue weighted by Gasteiger charge is 2.29. The number of sulfonamides is 1. The van der Waals surface area contributed by atoms with Crippen LogP contribution in [-0.4, -0.2) is 27.4 Å². The number of hydrogen-bond acceptors (Lipinski definition) is 3. The molecule has 3 aromatic carbocycles. The van der Waals surface area contributed by atoms with E-state index < -0.39 is 15.9 Å². The lowest BCUT2D eigenvalue weighted by Gasteiger charge is -2.30. The molecule has 0 spiro atoms. The molecule has 1 N–H and O–H groups in total. The van der Waals surface area contributed by atoms with Crippen molar-refractivity contribution < 1.29 is 17.6 Å². The largest absolute Gasteiger partial charge is 0.352 e. The van der Waals surface area contributed by atoms with E-state index >= 15 is 0 Å². The van der Waals surface area contributed by atoms with Gasteiger partial charge in [-0.2, -0.15) is 0 Å². The van der Waals surface area contributed by atoms with E-state index in [-0.39, 0.29) is 22.8 Å². The molecule has 0 saturated carbocycles. The van der Waals surface area contributed by atoms with E-state index in [2.05, 4.69) is 5.32 Å². The highest BCUT2D eigenvalue weighted by Crippen LogP contribution is 2.31. The maximum atomic E-state index is 13.7. The number of halogens is 1. The second-order valence-corrected chi connectivity index (χ2v) is 9.30. The van der Waals surface area contributed by atoms with Crippen LogP contribution in [0.2, 0.25) is 0 Å².